The van der Waals surface area contributed by atoms with Crippen LogP contribution in [0, 0.1) is 30.6 Å². The normalized spacial score (nSPS) is 18.3. The van der Waals surface area contributed by atoms with E-state index in [9.17, 15) is 0 Å². The van der Waals surface area contributed by atoms with E-state index in [1.54, 1.807) is 7.11 Å². The Labute approximate surface area is 233 Å². The van der Waals surface area contributed by atoms with Crippen LogP contribution in [0.15, 0.2) is 91.4 Å². The Morgan fingerprint density at radius 2 is 1.97 bits per heavy atom. The van der Waals surface area contributed by atoms with Gasteiger partial charge in [0.25, 0.3) is 0 Å². The van der Waals surface area contributed by atoms with Gasteiger partial charge in [0.1, 0.15) is 5.75 Å². The van der Waals surface area contributed by atoms with Crippen molar-refractivity contribution < 1.29 is 4.74 Å². The molecule has 0 aromatic heterocycles. The number of rotatable bonds is 17. The maximum absolute atomic E-state index is 5.44. The summed E-state index contributed by atoms with van der Waals surface area (Å²) in [6.07, 6.45) is 18.9. The second-order valence-corrected chi connectivity index (χ2v) is 11.3. The highest BCUT2D eigenvalue weighted by molar-refractivity contribution is 5.37. The lowest BCUT2D eigenvalue weighted by molar-refractivity contribution is 0.411. The van der Waals surface area contributed by atoms with E-state index in [1.165, 1.54) is 30.4 Å². The van der Waals surface area contributed by atoms with Crippen molar-refractivity contribution in [3.63, 3.8) is 0 Å². The molecule has 0 aliphatic heterocycles. The summed E-state index contributed by atoms with van der Waals surface area (Å²) in [5, 5.41) is 7.10. The molecule has 38 heavy (non-hydrogen) atoms. The first kappa shape index (κ1) is 31.3. The van der Waals surface area contributed by atoms with Crippen LogP contribution in [0.4, 0.5) is 0 Å². The molecule has 0 amide bonds. The van der Waals surface area contributed by atoms with E-state index in [4.69, 9.17) is 4.74 Å². The lowest BCUT2D eigenvalue weighted by Gasteiger charge is -2.25. The number of methoxy groups -OCH3 is 1. The number of nitrogens with one attached hydrogen (secondary N) is 2. The van der Waals surface area contributed by atoms with Gasteiger partial charge < -0.3 is 15.4 Å². The highest BCUT2D eigenvalue weighted by atomic mass is 16.5. The first-order valence-electron chi connectivity index (χ1n) is 14.3. The first-order chi connectivity index (χ1) is 18.1. The summed E-state index contributed by atoms with van der Waals surface area (Å²) in [6.45, 7) is 24.6. The number of aryl methyl sites for hydroxylation is 1. The van der Waals surface area contributed by atoms with Crippen LogP contribution in [0.2, 0.25) is 0 Å². The monoisotopic (exact) mass is 516 g/mol. The van der Waals surface area contributed by atoms with Crippen molar-refractivity contribution in [1.29, 1.82) is 0 Å². The SMILES string of the molecule is C=C[C@H](C)CNC(=C)[C@@H](Cc1ccc(OC)c(C)c1)NC(=C)/C=C/CCC(C)CC(C)C1=CCC(C)C=C1. The third-order valence-corrected chi connectivity index (χ3v) is 7.55. The molecule has 2 rings (SSSR count). The Morgan fingerprint density at radius 3 is 2.61 bits per heavy atom. The van der Waals surface area contributed by atoms with Crippen molar-refractivity contribution in [3.05, 3.63) is 102 Å². The fraction of sp³-hybridized carbons (Fsp3) is 0.486. The standard InChI is InChI=1S/C35H52N2O/c1-10-25(2)24-36-31(8)34(23-32-17-20-35(38-9)29(6)22-32)37-30(7)14-12-11-13-27(4)21-28(5)33-18-15-26(3)16-19-33/h10,12,14-15,17-20,22,25-28,34,36-37H,1,7-8,11,13,16,21,23-24H2,2-6,9H3/b14-12+/t25-,26?,27?,28?,34+/m0/s1. The highest BCUT2D eigenvalue weighted by Gasteiger charge is 2.16. The largest absolute Gasteiger partial charge is 0.496 e. The maximum Gasteiger partial charge on any atom is 0.121 e. The van der Waals surface area contributed by atoms with Crippen LogP contribution < -0.4 is 15.4 Å². The Bertz CT molecular complexity index is 1010. The minimum absolute atomic E-state index is 0.0243. The molecule has 1 aromatic rings. The van der Waals surface area contributed by atoms with Crippen LogP contribution in [0.5, 0.6) is 5.75 Å². The van der Waals surface area contributed by atoms with E-state index >= 15 is 0 Å². The molecule has 3 unspecified atom stereocenters. The number of ether oxygens (including phenoxy) is 1. The molecule has 0 saturated heterocycles. The number of hydrogen-bond donors (Lipinski definition) is 2. The minimum atomic E-state index is 0.0243. The maximum atomic E-state index is 5.44. The third-order valence-electron chi connectivity index (χ3n) is 7.55. The Hall–Kier alpha value is -2.94. The van der Waals surface area contributed by atoms with Gasteiger partial charge in [0.05, 0.1) is 13.2 Å². The van der Waals surface area contributed by atoms with Gasteiger partial charge >= 0.3 is 0 Å². The summed E-state index contributed by atoms with van der Waals surface area (Å²) in [4.78, 5) is 0. The molecule has 0 spiro atoms. The van der Waals surface area contributed by atoms with E-state index in [-0.39, 0.29) is 6.04 Å². The van der Waals surface area contributed by atoms with Crippen LogP contribution in [0.3, 0.4) is 0 Å². The predicted molar refractivity (Wildman–Crippen MR) is 166 cm³/mol. The fourth-order valence-corrected chi connectivity index (χ4v) is 4.91. The molecule has 0 bridgehead atoms. The average molecular weight is 517 g/mol. The van der Waals surface area contributed by atoms with Crippen molar-refractivity contribution in [2.75, 3.05) is 13.7 Å². The molecule has 0 radical (unpaired) electrons. The molecule has 5 atom stereocenters. The van der Waals surface area contributed by atoms with Crippen LogP contribution >= 0.6 is 0 Å². The average Bonchev–Trinajstić information content (AvgIpc) is 2.89. The summed E-state index contributed by atoms with van der Waals surface area (Å²) in [7, 11) is 1.71. The van der Waals surface area contributed by atoms with E-state index in [0.717, 1.165) is 42.1 Å². The van der Waals surface area contributed by atoms with Crippen LogP contribution in [0.25, 0.3) is 0 Å². The van der Waals surface area contributed by atoms with Crippen molar-refractivity contribution >= 4 is 0 Å². The molecule has 208 valence electrons. The van der Waals surface area contributed by atoms with Gasteiger partial charge in [0, 0.05) is 17.9 Å². The van der Waals surface area contributed by atoms with Crippen molar-refractivity contribution in [3.8, 4) is 5.75 Å². The van der Waals surface area contributed by atoms with Crippen LogP contribution in [-0.2, 0) is 6.42 Å². The lowest BCUT2D eigenvalue weighted by atomic mass is 9.85. The molecular weight excluding hydrogens is 464 g/mol. The van der Waals surface area contributed by atoms with Gasteiger partial charge in [-0.05, 0) is 91.5 Å². The summed E-state index contributed by atoms with van der Waals surface area (Å²) in [6, 6.07) is 6.38. The second-order valence-electron chi connectivity index (χ2n) is 11.3. The zero-order valence-electron chi connectivity index (χ0n) is 24.9. The molecule has 1 aliphatic rings. The van der Waals surface area contributed by atoms with Crippen molar-refractivity contribution in [2.45, 2.75) is 72.8 Å². The smallest absolute Gasteiger partial charge is 0.121 e. The zero-order valence-corrected chi connectivity index (χ0v) is 24.9. The molecule has 3 heteroatoms. The predicted octanol–water partition coefficient (Wildman–Crippen LogP) is 8.46. The fourth-order valence-electron chi connectivity index (χ4n) is 4.91. The van der Waals surface area contributed by atoms with Gasteiger partial charge in [-0.1, -0.05) is 83.4 Å². The van der Waals surface area contributed by atoms with E-state index < -0.39 is 0 Å². The van der Waals surface area contributed by atoms with E-state index in [1.807, 2.05) is 12.1 Å². The Morgan fingerprint density at radius 1 is 1.21 bits per heavy atom. The van der Waals surface area contributed by atoms with Gasteiger partial charge in [-0.2, -0.15) is 0 Å². The molecule has 1 aromatic carbocycles. The van der Waals surface area contributed by atoms with Crippen LogP contribution in [-0.4, -0.2) is 19.7 Å². The van der Waals surface area contributed by atoms with Gasteiger partial charge in [-0.15, -0.1) is 6.58 Å². The molecule has 0 saturated carbocycles. The Kier molecular flexibility index (Phi) is 13.3. The Balaban J connectivity index is 1.91. The second kappa shape index (κ2) is 16.1. The van der Waals surface area contributed by atoms with Gasteiger partial charge in [-0.25, -0.2) is 0 Å². The molecule has 3 nitrogen and oxygen atoms in total. The minimum Gasteiger partial charge on any atom is -0.496 e. The molecular formula is C35H52N2O. The van der Waals surface area contributed by atoms with Gasteiger partial charge in [0.2, 0.25) is 0 Å². The van der Waals surface area contributed by atoms with Gasteiger partial charge in [0.15, 0.2) is 0 Å². The summed E-state index contributed by atoms with van der Waals surface area (Å²) < 4.78 is 5.44. The molecule has 1 aliphatic carbocycles. The van der Waals surface area contributed by atoms with E-state index in [2.05, 4.69) is 108 Å². The number of benzene rings is 1. The lowest BCUT2D eigenvalue weighted by Crippen LogP contribution is -2.38. The van der Waals surface area contributed by atoms with E-state index in [0.29, 0.717) is 23.7 Å². The topological polar surface area (TPSA) is 33.3 Å². The molecule has 2 N–H and O–H groups in total. The summed E-state index contributed by atoms with van der Waals surface area (Å²) >= 11 is 0. The number of hydrogen-bond acceptors (Lipinski definition) is 3. The van der Waals surface area contributed by atoms with Crippen LogP contribution in [0.1, 0.15) is 64.5 Å². The summed E-state index contributed by atoms with van der Waals surface area (Å²) in [5.41, 5.74) is 5.75. The number of allylic oxidation sites excluding steroid dienone is 6. The first-order valence-corrected chi connectivity index (χ1v) is 14.3. The quantitative estimate of drug-likeness (QED) is 0.161. The summed E-state index contributed by atoms with van der Waals surface area (Å²) in [5.74, 6) is 3.27. The third kappa shape index (κ3) is 10.8. The zero-order chi connectivity index (χ0) is 28.1. The van der Waals surface area contributed by atoms with Gasteiger partial charge in [-0.3, -0.25) is 0 Å². The highest BCUT2D eigenvalue weighted by Crippen LogP contribution is 2.27. The van der Waals surface area contributed by atoms with Crippen molar-refractivity contribution in [2.24, 2.45) is 23.7 Å². The molecule has 0 fully saturated rings. The molecule has 0 heterocycles. The van der Waals surface area contributed by atoms with Crippen molar-refractivity contribution in [1.82, 2.24) is 10.6 Å².